The molecule has 0 saturated carbocycles. The van der Waals surface area contributed by atoms with Crippen molar-refractivity contribution in [1.29, 1.82) is 0 Å². The molecule has 2 aromatic heterocycles. The zero-order chi connectivity index (χ0) is 26.8. The summed E-state index contributed by atoms with van der Waals surface area (Å²) in [4.78, 5) is 29.5. The molecule has 2 heterocycles. The molecule has 0 spiro atoms. The van der Waals surface area contributed by atoms with E-state index in [1.165, 1.54) is 52.7 Å². The number of thioether (sulfide) groups is 1. The number of nitrogens with zero attached hydrogens (tertiary/aromatic N) is 4. The number of nitro benzene ring substituents is 1. The molecule has 3 aromatic carbocycles. The highest BCUT2D eigenvalue weighted by molar-refractivity contribution is 7.98. The lowest BCUT2D eigenvalue weighted by atomic mass is 10.2. The summed E-state index contributed by atoms with van der Waals surface area (Å²) in [5.74, 6) is 0.471. The Morgan fingerprint density at radius 1 is 1.11 bits per heavy atom. The molecule has 192 valence electrons. The van der Waals surface area contributed by atoms with Crippen LogP contribution in [0.5, 0.6) is 5.75 Å². The van der Waals surface area contributed by atoms with Gasteiger partial charge in [-0.25, -0.2) is 9.37 Å². The highest BCUT2D eigenvalue weighted by atomic mass is 32.2. The van der Waals surface area contributed by atoms with Crippen molar-refractivity contribution < 1.29 is 14.1 Å². The maximum Gasteiger partial charge on any atom is 0.278 e. The van der Waals surface area contributed by atoms with E-state index >= 15 is 0 Å². The van der Waals surface area contributed by atoms with Crippen LogP contribution in [0.15, 0.2) is 82.7 Å². The standard InChI is InChI=1S/C26H19FN4O4S3/c1-2-35-21-9-4-3-8-20(21)30-23-22(38-26(30)36)24(32)29(18-12-10-17(27)11-13-18)25(28-23)37-15-16-6-5-7-19(14-16)31(33)34/h3-14H,2,15H2,1H3. The van der Waals surface area contributed by atoms with Gasteiger partial charge in [0, 0.05) is 17.9 Å². The fraction of sp³-hybridized carbons (Fsp3) is 0.115. The summed E-state index contributed by atoms with van der Waals surface area (Å²) in [5.41, 5.74) is 1.78. The first-order valence-electron chi connectivity index (χ1n) is 11.4. The summed E-state index contributed by atoms with van der Waals surface area (Å²) in [6.07, 6.45) is 0. The lowest BCUT2D eigenvalue weighted by Crippen LogP contribution is -2.21. The molecule has 8 nitrogen and oxygen atoms in total. The summed E-state index contributed by atoms with van der Waals surface area (Å²) in [7, 11) is 0. The topological polar surface area (TPSA) is 92.2 Å². The van der Waals surface area contributed by atoms with E-state index < -0.39 is 10.7 Å². The zero-order valence-corrected chi connectivity index (χ0v) is 22.3. The van der Waals surface area contributed by atoms with E-state index in [9.17, 15) is 19.3 Å². The number of non-ortho nitro benzene ring substituents is 1. The minimum atomic E-state index is -0.456. The van der Waals surface area contributed by atoms with Crippen LogP contribution in [0.3, 0.4) is 0 Å². The van der Waals surface area contributed by atoms with Crippen molar-refractivity contribution >= 4 is 51.4 Å². The number of nitro groups is 1. The van der Waals surface area contributed by atoms with Gasteiger partial charge < -0.3 is 4.74 Å². The number of benzene rings is 3. The molecule has 5 aromatic rings. The van der Waals surface area contributed by atoms with Gasteiger partial charge in [-0.2, -0.15) is 0 Å². The number of halogens is 1. The first-order valence-corrected chi connectivity index (χ1v) is 13.6. The van der Waals surface area contributed by atoms with Crippen molar-refractivity contribution in [3.63, 3.8) is 0 Å². The molecule has 0 atom stereocenters. The zero-order valence-electron chi connectivity index (χ0n) is 19.9. The minimum absolute atomic E-state index is 0.0265. The van der Waals surface area contributed by atoms with E-state index in [-0.39, 0.29) is 11.2 Å². The number of fused-ring (bicyclic) bond motifs is 1. The average molecular weight is 567 g/mol. The van der Waals surface area contributed by atoms with E-state index in [0.717, 1.165) is 11.3 Å². The summed E-state index contributed by atoms with van der Waals surface area (Å²) in [6, 6.07) is 19.2. The molecule has 0 bridgehead atoms. The van der Waals surface area contributed by atoms with Crippen LogP contribution in [0.2, 0.25) is 0 Å². The third-order valence-corrected chi connectivity index (χ3v) is 7.92. The van der Waals surface area contributed by atoms with Crippen molar-refractivity contribution in [1.82, 2.24) is 14.1 Å². The fourth-order valence-corrected chi connectivity index (χ4v) is 6.13. The predicted octanol–water partition coefficient (Wildman–Crippen LogP) is 6.71. The van der Waals surface area contributed by atoms with Gasteiger partial charge in [-0.1, -0.05) is 47.4 Å². The van der Waals surface area contributed by atoms with Gasteiger partial charge in [0.05, 0.1) is 22.9 Å². The average Bonchev–Trinajstić information content (AvgIpc) is 3.25. The molecule has 12 heteroatoms. The quantitative estimate of drug-likeness (QED) is 0.0678. The lowest BCUT2D eigenvalue weighted by Gasteiger charge is -2.14. The lowest BCUT2D eigenvalue weighted by molar-refractivity contribution is -0.384. The second kappa shape index (κ2) is 10.9. The molecule has 0 N–H and O–H groups in total. The van der Waals surface area contributed by atoms with Gasteiger partial charge in [0.1, 0.15) is 16.3 Å². The van der Waals surface area contributed by atoms with Gasteiger partial charge in [-0.3, -0.25) is 24.0 Å². The second-order valence-corrected chi connectivity index (χ2v) is 10.6. The van der Waals surface area contributed by atoms with Crippen LogP contribution in [0.4, 0.5) is 10.1 Å². The monoisotopic (exact) mass is 566 g/mol. The van der Waals surface area contributed by atoms with Crippen molar-refractivity contribution in [2.75, 3.05) is 6.61 Å². The molecule has 0 unspecified atom stereocenters. The van der Waals surface area contributed by atoms with Gasteiger partial charge in [-0.15, -0.1) is 0 Å². The van der Waals surface area contributed by atoms with Crippen LogP contribution in [0.1, 0.15) is 12.5 Å². The van der Waals surface area contributed by atoms with Gasteiger partial charge >= 0.3 is 0 Å². The number of rotatable bonds is 8. The molecule has 0 aliphatic rings. The van der Waals surface area contributed by atoms with Gasteiger partial charge in [0.2, 0.25) is 0 Å². The number of aromatic nitrogens is 3. The highest BCUT2D eigenvalue weighted by Gasteiger charge is 2.21. The Morgan fingerprint density at radius 3 is 2.61 bits per heavy atom. The Kier molecular flexibility index (Phi) is 7.36. The third kappa shape index (κ3) is 4.97. The summed E-state index contributed by atoms with van der Waals surface area (Å²) < 4.78 is 23.4. The maximum absolute atomic E-state index is 13.8. The third-order valence-electron chi connectivity index (χ3n) is 5.56. The molecule has 0 amide bonds. The predicted molar refractivity (Wildman–Crippen MR) is 149 cm³/mol. The molecule has 0 fully saturated rings. The molecule has 0 saturated heterocycles. The van der Waals surface area contributed by atoms with Crippen LogP contribution in [-0.4, -0.2) is 25.6 Å². The Hall–Kier alpha value is -3.87. The molecular weight excluding hydrogens is 548 g/mol. The number of ether oxygens (including phenoxy) is 1. The fourth-order valence-electron chi connectivity index (χ4n) is 3.89. The normalized spacial score (nSPS) is 11.1. The number of hydrogen-bond donors (Lipinski definition) is 0. The molecular formula is C26H19FN4O4S3. The smallest absolute Gasteiger partial charge is 0.278 e. The molecule has 0 aliphatic carbocycles. The maximum atomic E-state index is 13.8. The van der Waals surface area contributed by atoms with Gasteiger partial charge in [-0.05, 0) is 61.1 Å². The van der Waals surface area contributed by atoms with Crippen molar-refractivity contribution in [3.05, 3.63) is 109 Å². The summed E-state index contributed by atoms with van der Waals surface area (Å²) in [5, 5.41) is 11.6. The minimum Gasteiger partial charge on any atom is -0.492 e. The van der Waals surface area contributed by atoms with Crippen LogP contribution in [0.25, 0.3) is 21.7 Å². The van der Waals surface area contributed by atoms with E-state index in [2.05, 4.69) is 0 Å². The second-order valence-electron chi connectivity index (χ2n) is 7.98. The van der Waals surface area contributed by atoms with Gasteiger partial charge in [0.25, 0.3) is 11.2 Å². The SMILES string of the molecule is CCOc1ccccc1-n1c(=S)sc2c(=O)n(-c3ccc(F)cc3)c(SCc3cccc([N+](=O)[O-])c3)nc21. The Balaban J connectivity index is 1.70. The van der Waals surface area contributed by atoms with E-state index in [1.54, 1.807) is 16.7 Å². The van der Waals surface area contributed by atoms with E-state index in [0.29, 0.717) is 54.5 Å². The summed E-state index contributed by atoms with van der Waals surface area (Å²) in [6.45, 7) is 2.32. The van der Waals surface area contributed by atoms with E-state index in [4.69, 9.17) is 21.9 Å². The van der Waals surface area contributed by atoms with Crippen LogP contribution < -0.4 is 10.3 Å². The number of para-hydroxylation sites is 2. The summed E-state index contributed by atoms with van der Waals surface area (Å²) >= 11 is 8.03. The Morgan fingerprint density at radius 2 is 1.87 bits per heavy atom. The first-order chi connectivity index (χ1) is 18.4. The Bertz CT molecular complexity index is 1780. The molecule has 38 heavy (non-hydrogen) atoms. The number of hydrogen-bond acceptors (Lipinski definition) is 8. The Labute approximate surface area is 229 Å². The van der Waals surface area contributed by atoms with Crippen LogP contribution in [-0.2, 0) is 5.75 Å². The molecule has 0 aliphatic heterocycles. The van der Waals surface area contributed by atoms with Gasteiger partial charge in [0.15, 0.2) is 14.8 Å². The van der Waals surface area contributed by atoms with Crippen molar-refractivity contribution in [2.45, 2.75) is 17.8 Å². The molecule has 0 radical (unpaired) electrons. The van der Waals surface area contributed by atoms with Crippen LogP contribution >= 0.6 is 35.3 Å². The highest BCUT2D eigenvalue weighted by Crippen LogP contribution is 2.32. The first kappa shape index (κ1) is 25.8. The van der Waals surface area contributed by atoms with Crippen LogP contribution in [0, 0.1) is 19.9 Å². The van der Waals surface area contributed by atoms with Crippen molar-refractivity contribution in [3.8, 4) is 17.1 Å². The largest absolute Gasteiger partial charge is 0.492 e. The number of thiazole rings is 1. The molecule has 5 rings (SSSR count). The van der Waals surface area contributed by atoms with Crippen molar-refractivity contribution in [2.24, 2.45) is 0 Å². The van der Waals surface area contributed by atoms with E-state index in [1.807, 2.05) is 31.2 Å².